The van der Waals surface area contributed by atoms with Crippen molar-refractivity contribution in [1.29, 1.82) is 0 Å². The van der Waals surface area contributed by atoms with E-state index < -0.39 is 17.6 Å². The number of aryl methyl sites for hydroxylation is 1. The van der Waals surface area contributed by atoms with Crippen molar-refractivity contribution in [3.05, 3.63) is 41.7 Å². The maximum absolute atomic E-state index is 14.0. The third kappa shape index (κ3) is 4.15. The fourth-order valence-corrected chi connectivity index (χ4v) is 2.67. The molecule has 0 bridgehead atoms. The molecule has 1 aliphatic rings. The first-order chi connectivity index (χ1) is 11.8. The molecule has 25 heavy (non-hydrogen) atoms. The molecule has 0 aromatic carbocycles. The summed E-state index contributed by atoms with van der Waals surface area (Å²) < 4.78 is 57.5. The minimum atomic E-state index is -4.61. The molecule has 2 aromatic rings. The lowest BCUT2D eigenvalue weighted by molar-refractivity contribution is -0.138. The highest BCUT2D eigenvalue weighted by atomic mass is 19.4. The van der Waals surface area contributed by atoms with Gasteiger partial charge < -0.3 is 9.64 Å². The Morgan fingerprint density at radius 2 is 1.88 bits per heavy atom. The van der Waals surface area contributed by atoms with Crippen LogP contribution >= 0.6 is 0 Å². The molecule has 3 heterocycles. The molecule has 1 saturated heterocycles. The molecule has 0 amide bonds. The molecule has 0 atom stereocenters. The van der Waals surface area contributed by atoms with E-state index in [4.69, 9.17) is 4.74 Å². The molecule has 0 saturated carbocycles. The molecule has 5 nitrogen and oxygen atoms in total. The third-order valence-electron chi connectivity index (χ3n) is 3.91. The van der Waals surface area contributed by atoms with Crippen molar-refractivity contribution in [1.82, 2.24) is 15.0 Å². The van der Waals surface area contributed by atoms with Gasteiger partial charge in [-0.3, -0.25) is 4.98 Å². The Hall–Kier alpha value is -2.45. The molecule has 9 heteroatoms. The number of rotatable bonds is 3. The highest BCUT2D eigenvalue weighted by Crippen LogP contribution is 2.31. The van der Waals surface area contributed by atoms with Gasteiger partial charge in [0.25, 0.3) is 0 Å². The molecule has 1 fully saturated rings. The van der Waals surface area contributed by atoms with Crippen LogP contribution in [0.4, 0.5) is 23.4 Å². The molecule has 0 aliphatic carbocycles. The second-order valence-corrected chi connectivity index (χ2v) is 5.83. The highest BCUT2D eigenvalue weighted by molar-refractivity contribution is 5.42. The van der Waals surface area contributed by atoms with E-state index in [1.807, 2.05) is 6.92 Å². The van der Waals surface area contributed by atoms with E-state index in [0.717, 1.165) is 5.69 Å². The van der Waals surface area contributed by atoms with Gasteiger partial charge in [-0.2, -0.15) is 13.2 Å². The van der Waals surface area contributed by atoms with Gasteiger partial charge in [-0.1, -0.05) is 0 Å². The maximum atomic E-state index is 14.0. The summed E-state index contributed by atoms with van der Waals surface area (Å²) in [6.45, 7) is 2.67. The van der Waals surface area contributed by atoms with Crippen molar-refractivity contribution < 1.29 is 22.3 Å². The van der Waals surface area contributed by atoms with E-state index >= 15 is 0 Å². The molecule has 134 valence electrons. The van der Waals surface area contributed by atoms with Crippen LogP contribution in [0, 0.1) is 12.7 Å². The fourth-order valence-electron chi connectivity index (χ4n) is 2.67. The largest absolute Gasteiger partial charge is 0.473 e. The molecule has 0 unspecified atom stereocenters. The molecule has 1 aliphatic heterocycles. The number of hydrogen-bond donors (Lipinski definition) is 0. The third-order valence-corrected chi connectivity index (χ3v) is 3.91. The van der Waals surface area contributed by atoms with Crippen LogP contribution in [-0.2, 0) is 6.18 Å². The number of hydrogen-bond acceptors (Lipinski definition) is 5. The number of pyridine rings is 1. The van der Waals surface area contributed by atoms with Crippen molar-refractivity contribution in [3.8, 4) is 5.88 Å². The van der Waals surface area contributed by atoms with Crippen LogP contribution in [0.1, 0.15) is 24.1 Å². The van der Waals surface area contributed by atoms with E-state index in [-0.39, 0.29) is 11.9 Å². The average molecular weight is 356 g/mol. The predicted molar refractivity (Wildman–Crippen MR) is 81.8 cm³/mol. The van der Waals surface area contributed by atoms with Crippen LogP contribution in [0.15, 0.2) is 24.7 Å². The van der Waals surface area contributed by atoms with E-state index in [9.17, 15) is 17.6 Å². The molecule has 0 N–H and O–H groups in total. The number of halogens is 4. The zero-order valence-corrected chi connectivity index (χ0v) is 13.4. The molecular formula is C16H16F4N4O. The van der Waals surface area contributed by atoms with E-state index in [1.165, 1.54) is 6.20 Å². The highest BCUT2D eigenvalue weighted by Gasteiger charge is 2.33. The molecular weight excluding hydrogens is 340 g/mol. The smallest absolute Gasteiger partial charge is 0.417 e. The summed E-state index contributed by atoms with van der Waals surface area (Å²) in [5, 5.41) is 0. The summed E-state index contributed by atoms with van der Waals surface area (Å²) in [5.74, 6) is -0.613. The molecule has 0 radical (unpaired) electrons. The molecule has 3 rings (SSSR count). The maximum Gasteiger partial charge on any atom is 0.417 e. The summed E-state index contributed by atoms with van der Waals surface area (Å²) in [6, 6.07) is 0.479. The van der Waals surface area contributed by atoms with Crippen molar-refractivity contribution >= 4 is 5.82 Å². The lowest BCUT2D eigenvalue weighted by Gasteiger charge is -2.32. The summed E-state index contributed by atoms with van der Waals surface area (Å²) in [4.78, 5) is 13.5. The van der Waals surface area contributed by atoms with Crippen LogP contribution < -0.4 is 9.64 Å². The van der Waals surface area contributed by atoms with E-state index in [2.05, 4.69) is 15.0 Å². The van der Waals surface area contributed by atoms with Crippen LogP contribution in [0.3, 0.4) is 0 Å². The minimum absolute atomic E-state index is 0.0678. The van der Waals surface area contributed by atoms with Gasteiger partial charge in [-0.15, -0.1) is 0 Å². The predicted octanol–water partition coefficient (Wildman–Crippen LogP) is 3.39. The number of alkyl halides is 3. The lowest BCUT2D eigenvalue weighted by atomic mass is 10.1. The van der Waals surface area contributed by atoms with Gasteiger partial charge in [0.2, 0.25) is 5.88 Å². The van der Waals surface area contributed by atoms with E-state index in [1.54, 1.807) is 11.1 Å². The quantitative estimate of drug-likeness (QED) is 0.789. The first kappa shape index (κ1) is 17.4. The Morgan fingerprint density at radius 3 is 2.48 bits per heavy atom. The van der Waals surface area contributed by atoms with Crippen molar-refractivity contribution in [3.63, 3.8) is 0 Å². The summed E-state index contributed by atoms with van der Waals surface area (Å²) in [7, 11) is 0. The van der Waals surface area contributed by atoms with Gasteiger partial charge in [0, 0.05) is 38.3 Å². The Balaban J connectivity index is 1.62. The number of ether oxygens (including phenoxy) is 1. The van der Waals surface area contributed by atoms with Crippen molar-refractivity contribution in [2.45, 2.75) is 32.0 Å². The van der Waals surface area contributed by atoms with Gasteiger partial charge >= 0.3 is 6.18 Å². The zero-order valence-electron chi connectivity index (χ0n) is 13.4. The second kappa shape index (κ2) is 6.81. The van der Waals surface area contributed by atoms with Crippen molar-refractivity contribution in [2.24, 2.45) is 0 Å². The number of piperidine rings is 1. The summed E-state index contributed by atoms with van der Waals surface area (Å²) in [5.41, 5.74) is -0.351. The van der Waals surface area contributed by atoms with Gasteiger partial charge in [0.15, 0.2) is 11.6 Å². The van der Waals surface area contributed by atoms with Gasteiger partial charge in [-0.25, -0.2) is 14.4 Å². The van der Waals surface area contributed by atoms with E-state index in [0.29, 0.717) is 44.1 Å². The standard InChI is InChI=1S/C16H16F4N4O/c1-10-7-21-9-14(23-10)25-12-2-4-24(5-3-12)15-13(17)6-11(8-22-15)16(18,19)20/h6-9,12H,2-5H2,1H3. The van der Waals surface area contributed by atoms with Crippen LogP contribution in [0.25, 0.3) is 0 Å². The summed E-state index contributed by atoms with van der Waals surface area (Å²) in [6.07, 6.45) is 0.246. The Labute approximate surface area is 141 Å². The van der Waals surface area contributed by atoms with Gasteiger partial charge in [-0.05, 0) is 13.0 Å². The molecule has 0 spiro atoms. The first-order valence-electron chi connectivity index (χ1n) is 7.76. The monoisotopic (exact) mass is 356 g/mol. The van der Waals surface area contributed by atoms with Gasteiger partial charge in [0.05, 0.1) is 17.5 Å². The van der Waals surface area contributed by atoms with Crippen LogP contribution in [0.2, 0.25) is 0 Å². The number of anilines is 1. The van der Waals surface area contributed by atoms with Crippen molar-refractivity contribution in [2.75, 3.05) is 18.0 Å². The first-order valence-corrected chi connectivity index (χ1v) is 7.76. The average Bonchev–Trinajstić information content (AvgIpc) is 2.55. The van der Waals surface area contributed by atoms with Crippen LogP contribution in [-0.4, -0.2) is 34.1 Å². The normalized spacial score (nSPS) is 16.1. The number of nitrogens with zero attached hydrogens (tertiary/aromatic N) is 4. The Kier molecular flexibility index (Phi) is 4.73. The Morgan fingerprint density at radius 1 is 1.16 bits per heavy atom. The lowest BCUT2D eigenvalue weighted by Crippen LogP contribution is -2.39. The minimum Gasteiger partial charge on any atom is -0.473 e. The SMILES string of the molecule is Cc1cncc(OC2CCN(c3ncc(C(F)(F)F)cc3F)CC2)n1. The van der Waals surface area contributed by atoms with Crippen LogP contribution in [0.5, 0.6) is 5.88 Å². The van der Waals surface area contributed by atoms with Gasteiger partial charge in [0.1, 0.15) is 6.10 Å². The number of aromatic nitrogens is 3. The topological polar surface area (TPSA) is 51.1 Å². The summed E-state index contributed by atoms with van der Waals surface area (Å²) >= 11 is 0. The fraction of sp³-hybridized carbons (Fsp3) is 0.438. The second-order valence-electron chi connectivity index (χ2n) is 5.83. The molecule has 2 aromatic heterocycles. The zero-order chi connectivity index (χ0) is 18.0. The Bertz CT molecular complexity index is 745.